The second kappa shape index (κ2) is 6.03. The number of nitrogen functional groups attached to an aromatic ring is 1. The van der Waals surface area contributed by atoms with Crippen molar-refractivity contribution in [3.8, 4) is 0 Å². The van der Waals surface area contributed by atoms with Gasteiger partial charge in [-0.15, -0.1) is 0 Å². The molecule has 0 unspecified atom stereocenters. The van der Waals surface area contributed by atoms with E-state index in [0.29, 0.717) is 4.47 Å². The summed E-state index contributed by atoms with van der Waals surface area (Å²) in [6, 6.07) is 10.0. The molecule has 7 heteroatoms. The van der Waals surface area contributed by atoms with Crippen LogP contribution in [0.2, 0.25) is 0 Å². The molecule has 0 saturated carbocycles. The van der Waals surface area contributed by atoms with E-state index in [-0.39, 0.29) is 22.8 Å². The van der Waals surface area contributed by atoms with E-state index in [0.717, 1.165) is 4.31 Å². The van der Waals surface area contributed by atoms with Crippen molar-refractivity contribution in [3.05, 3.63) is 52.8 Å². The number of hydrogen-bond donors (Lipinski definition) is 1. The fourth-order valence-electron chi connectivity index (χ4n) is 1.97. The van der Waals surface area contributed by atoms with Gasteiger partial charge in [-0.25, -0.2) is 12.8 Å². The predicted molar refractivity (Wildman–Crippen MR) is 85.2 cm³/mol. The monoisotopic (exact) mass is 372 g/mol. The van der Waals surface area contributed by atoms with Crippen molar-refractivity contribution in [3.63, 3.8) is 0 Å². The van der Waals surface area contributed by atoms with Crippen molar-refractivity contribution in [1.82, 2.24) is 0 Å². The average Bonchev–Trinajstić information content (AvgIpc) is 2.42. The third-order valence-corrected chi connectivity index (χ3v) is 5.38. The van der Waals surface area contributed by atoms with Gasteiger partial charge in [0.1, 0.15) is 10.7 Å². The molecule has 0 atom stereocenters. The standard InChI is InChI=1S/C14H14BrFN2O2S/c1-2-18(12-5-3-4-11(16)9-12)21(19,20)14-8-10(15)6-7-13(14)17/h3-9H,2,17H2,1H3. The fourth-order valence-corrected chi connectivity index (χ4v) is 4.10. The first-order chi connectivity index (χ1) is 9.86. The molecule has 0 aliphatic carbocycles. The molecular weight excluding hydrogens is 359 g/mol. The van der Waals surface area contributed by atoms with E-state index >= 15 is 0 Å². The molecule has 0 radical (unpaired) electrons. The normalized spacial score (nSPS) is 11.4. The zero-order valence-electron chi connectivity index (χ0n) is 11.3. The van der Waals surface area contributed by atoms with Gasteiger partial charge in [-0.2, -0.15) is 0 Å². The molecule has 0 fully saturated rings. The van der Waals surface area contributed by atoms with Gasteiger partial charge in [0.2, 0.25) is 0 Å². The van der Waals surface area contributed by atoms with E-state index in [2.05, 4.69) is 15.9 Å². The van der Waals surface area contributed by atoms with Crippen LogP contribution in [0.5, 0.6) is 0 Å². The van der Waals surface area contributed by atoms with Crippen LogP contribution in [0.1, 0.15) is 6.92 Å². The molecule has 21 heavy (non-hydrogen) atoms. The summed E-state index contributed by atoms with van der Waals surface area (Å²) in [5.41, 5.74) is 6.18. The first-order valence-electron chi connectivity index (χ1n) is 6.19. The van der Waals surface area contributed by atoms with Crippen LogP contribution in [0.15, 0.2) is 51.8 Å². The van der Waals surface area contributed by atoms with Gasteiger partial charge in [-0.1, -0.05) is 22.0 Å². The third kappa shape index (κ3) is 3.19. The number of hydrogen-bond acceptors (Lipinski definition) is 3. The van der Waals surface area contributed by atoms with Crippen LogP contribution >= 0.6 is 15.9 Å². The van der Waals surface area contributed by atoms with Crippen LogP contribution in [-0.2, 0) is 10.0 Å². The molecule has 112 valence electrons. The zero-order valence-corrected chi connectivity index (χ0v) is 13.7. The lowest BCUT2D eigenvalue weighted by Crippen LogP contribution is -2.31. The fraction of sp³-hybridized carbons (Fsp3) is 0.143. The van der Waals surface area contributed by atoms with E-state index in [4.69, 9.17) is 5.73 Å². The zero-order chi connectivity index (χ0) is 15.6. The molecule has 0 saturated heterocycles. The van der Waals surface area contributed by atoms with Crippen LogP contribution in [0.4, 0.5) is 15.8 Å². The van der Waals surface area contributed by atoms with E-state index in [1.165, 1.54) is 36.4 Å². The van der Waals surface area contributed by atoms with Crippen molar-refractivity contribution in [2.75, 3.05) is 16.6 Å². The number of anilines is 2. The summed E-state index contributed by atoms with van der Waals surface area (Å²) < 4.78 is 40.6. The molecule has 2 rings (SSSR count). The number of benzene rings is 2. The minimum atomic E-state index is -3.86. The molecular formula is C14H14BrFN2O2S. The largest absolute Gasteiger partial charge is 0.398 e. The average molecular weight is 373 g/mol. The van der Waals surface area contributed by atoms with E-state index in [1.807, 2.05) is 0 Å². The van der Waals surface area contributed by atoms with Crippen LogP contribution < -0.4 is 10.0 Å². The molecule has 4 nitrogen and oxygen atoms in total. The second-order valence-corrected chi connectivity index (χ2v) is 7.08. The second-order valence-electron chi connectivity index (χ2n) is 4.33. The maximum absolute atomic E-state index is 13.3. The topological polar surface area (TPSA) is 63.4 Å². The Hall–Kier alpha value is -1.60. The maximum atomic E-state index is 13.3. The van der Waals surface area contributed by atoms with Gasteiger partial charge in [0.05, 0.1) is 11.4 Å². The van der Waals surface area contributed by atoms with Crippen LogP contribution in [-0.4, -0.2) is 15.0 Å². The summed E-state index contributed by atoms with van der Waals surface area (Å²) in [6.45, 7) is 1.84. The number of sulfonamides is 1. The Labute approximate surface area is 131 Å². The van der Waals surface area contributed by atoms with Crippen molar-refractivity contribution in [2.45, 2.75) is 11.8 Å². The lowest BCUT2D eigenvalue weighted by Gasteiger charge is -2.23. The van der Waals surface area contributed by atoms with E-state index in [1.54, 1.807) is 13.0 Å². The summed E-state index contributed by atoms with van der Waals surface area (Å²) in [7, 11) is -3.86. The Morgan fingerprint density at radius 2 is 1.95 bits per heavy atom. The van der Waals surface area contributed by atoms with Gasteiger partial charge in [0.25, 0.3) is 10.0 Å². The van der Waals surface area contributed by atoms with Crippen molar-refractivity contribution in [2.24, 2.45) is 0 Å². The molecule has 0 heterocycles. The van der Waals surface area contributed by atoms with Crippen molar-refractivity contribution >= 4 is 37.3 Å². The van der Waals surface area contributed by atoms with Gasteiger partial charge in [0.15, 0.2) is 0 Å². The lowest BCUT2D eigenvalue weighted by atomic mass is 10.3. The van der Waals surface area contributed by atoms with Crippen LogP contribution in [0.3, 0.4) is 0 Å². The van der Waals surface area contributed by atoms with E-state index in [9.17, 15) is 12.8 Å². The number of nitrogens with zero attached hydrogens (tertiary/aromatic N) is 1. The third-order valence-electron chi connectivity index (χ3n) is 2.93. The summed E-state index contributed by atoms with van der Waals surface area (Å²) in [4.78, 5) is -0.0111. The van der Waals surface area contributed by atoms with E-state index < -0.39 is 15.8 Å². The highest BCUT2D eigenvalue weighted by Crippen LogP contribution is 2.29. The molecule has 2 N–H and O–H groups in total. The highest BCUT2D eigenvalue weighted by atomic mass is 79.9. The number of halogens is 2. The highest BCUT2D eigenvalue weighted by molar-refractivity contribution is 9.10. The van der Waals surface area contributed by atoms with Crippen molar-refractivity contribution < 1.29 is 12.8 Å². The molecule has 0 aromatic heterocycles. The van der Waals surface area contributed by atoms with Crippen molar-refractivity contribution in [1.29, 1.82) is 0 Å². The molecule has 0 bridgehead atoms. The Kier molecular flexibility index (Phi) is 4.53. The molecule has 0 aliphatic rings. The molecule has 2 aromatic carbocycles. The van der Waals surface area contributed by atoms with Crippen LogP contribution in [0.25, 0.3) is 0 Å². The first-order valence-corrected chi connectivity index (χ1v) is 8.43. The number of nitrogens with two attached hydrogens (primary N) is 1. The quantitative estimate of drug-likeness (QED) is 0.836. The van der Waals surface area contributed by atoms with Gasteiger partial charge >= 0.3 is 0 Å². The molecule has 2 aromatic rings. The van der Waals surface area contributed by atoms with Gasteiger partial charge in [-0.3, -0.25) is 4.31 Å². The summed E-state index contributed by atoms with van der Waals surface area (Å²) >= 11 is 3.23. The Morgan fingerprint density at radius 1 is 1.24 bits per heavy atom. The minimum Gasteiger partial charge on any atom is -0.398 e. The minimum absolute atomic E-state index is 0.0111. The molecule has 0 amide bonds. The maximum Gasteiger partial charge on any atom is 0.266 e. The van der Waals surface area contributed by atoms with Gasteiger partial charge in [-0.05, 0) is 43.3 Å². The highest BCUT2D eigenvalue weighted by Gasteiger charge is 2.26. The summed E-state index contributed by atoms with van der Waals surface area (Å²) in [5, 5.41) is 0. The molecule has 0 spiro atoms. The SMILES string of the molecule is CCN(c1cccc(F)c1)S(=O)(=O)c1cc(Br)ccc1N. The summed E-state index contributed by atoms with van der Waals surface area (Å²) in [6.07, 6.45) is 0. The smallest absolute Gasteiger partial charge is 0.266 e. The van der Waals surface area contributed by atoms with Crippen LogP contribution in [0, 0.1) is 5.82 Å². The molecule has 0 aliphatic heterocycles. The number of rotatable bonds is 4. The first kappa shape index (κ1) is 15.8. The Balaban J connectivity index is 2.57. The lowest BCUT2D eigenvalue weighted by molar-refractivity contribution is 0.591. The predicted octanol–water partition coefficient (Wildman–Crippen LogP) is 3.39. The Morgan fingerprint density at radius 3 is 2.57 bits per heavy atom. The van der Waals surface area contributed by atoms with Gasteiger partial charge in [0, 0.05) is 11.0 Å². The Bertz CT molecular complexity index is 765. The van der Waals surface area contributed by atoms with Gasteiger partial charge < -0.3 is 5.73 Å². The summed E-state index contributed by atoms with van der Waals surface area (Å²) in [5.74, 6) is -0.497.